The van der Waals surface area contributed by atoms with Crippen LogP contribution in [0.2, 0.25) is 0 Å². The molecule has 0 saturated heterocycles. The van der Waals surface area contributed by atoms with Gasteiger partial charge in [-0.1, -0.05) is 18.2 Å². The van der Waals surface area contributed by atoms with Crippen LogP contribution in [-0.2, 0) is 26.6 Å². The number of aromatic nitrogens is 1. The van der Waals surface area contributed by atoms with E-state index >= 15 is 0 Å². The van der Waals surface area contributed by atoms with E-state index in [1.807, 2.05) is 11.0 Å². The highest BCUT2D eigenvalue weighted by atomic mass is 16.4. The molecule has 0 bridgehead atoms. The Kier molecular flexibility index (Phi) is 5.32. The molecule has 1 aliphatic heterocycles. The lowest BCUT2D eigenvalue weighted by atomic mass is 9.96. The fourth-order valence-corrected chi connectivity index (χ4v) is 3.32. The highest BCUT2D eigenvalue weighted by Gasteiger charge is 2.26. The molecule has 8 heteroatoms. The minimum Gasteiger partial charge on any atom is -0.477 e. The van der Waals surface area contributed by atoms with E-state index < -0.39 is 16.8 Å². The monoisotopic (exact) mass is 382 g/mol. The van der Waals surface area contributed by atoms with E-state index in [1.54, 1.807) is 29.9 Å². The molecule has 146 valence electrons. The molecule has 8 nitrogen and oxygen atoms in total. The van der Waals surface area contributed by atoms with E-state index in [2.05, 4.69) is 12.1 Å². The van der Waals surface area contributed by atoms with Crippen LogP contribution in [0.25, 0.3) is 0 Å². The third-order valence-electron chi connectivity index (χ3n) is 4.92. The Morgan fingerprint density at radius 3 is 2.46 bits per heavy atom. The van der Waals surface area contributed by atoms with Gasteiger partial charge in [-0.3, -0.25) is 9.59 Å². The van der Waals surface area contributed by atoms with Crippen molar-refractivity contribution >= 4 is 17.3 Å². The Morgan fingerprint density at radius 1 is 1.18 bits per heavy atom. The van der Waals surface area contributed by atoms with Crippen molar-refractivity contribution in [1.29, 1.82) is 0 Å². The topological polar surface area (TPSA) is 132 Å². The molecule has 5 N–H and O–H groups in total. The zero-order valence-electron chi connectivity index (χ0n) is 15.5. The third kappa shape index (κ3) is 3.54. The number of fused-ring (bicyclic) bond motifs is 1. The number of hydrogen-bond acceptors (Lipinski definition) is 6. The minimum atomic E-state index is -0.887. The lowest BCUT2D eigenvalue weighted by molar-refractivity contribution is 0.0686. The van der Waals surface area contributed by atoms with Crippen LogP contribution in [0.15, 0.2) is 46.1 Å². The Hall–Kier alpha value is -3.39. The van der Waals surface area contributed by atoms with E-state index in [4.69, 9.17) is 16.6 Å². The predicted molar refractivity (Wildman–Crippen MR) is 107 cm³/mol. The molecular weight excluding hydrogens is 360 g/mol. The van der Waals surface area contributed by atoms with Crippen LogP contribution in [-0.4, -0.2) is 22.2 Å². The van der Waals surface area contributed by atoms with Crippen LogP contribution < -0.4 is 27.2 Å². The molecule has 28 heavy (non-hydrogen) atoms. The lowest BCUT2D eigenvalue weighted by Gasteiger charge is -2.31. The van der Waals surface area contributed by atoms with Gasteiger partial charge in [-0.05, 0) is 35.2 Å². The number of aromatic carboxylic acids is 1. The normalized spacial score (nSPS) is 13.0. The zero-order chi connectivity index (χ0) is 20.4. The summed E-state index contributed by atoms with van der Waals surface area (Å²) in [6.45, 7) is 1.82. The second-order valence-corrected chi connectivity index (χ2v) is 6.71. The first-order valence-electron chi connectivity index (χ1n) is 8.82. The number of nitrogens with two attached hydrogens (primary N) is 2. The van der Waals surface area contributed by atoms with Crippen molar-refractivity contribution in [3.8, 4) is 0 Å². The van der Waals surface area contributed by atoms with Gasteiger partial charge in [0.05, 0.1) is 0 Å². The quantitative estimate of drug-likeness (QED) is 0.566. The first-order valence-corrected chi connectivity index (χ1v) is 8.82. The molecule has 2 heterocycles. The number of carboxylic acids is 1. The van der Waals surface area contributed by atoms with E-state index in [1.165, 1.54) is 5.56 Å². The number of nitrogens with zero attached hydrogens (tertiary/aromatic N) is 2. The van der Waals surface area contributed by atoms with Crippen molar-refractivity contribution in [3.05, 3.63) is 79.4 Å². The fourth-order valence-electron chi connectivity index (χ4n) is 3.32. The molecule has 0 atom stereocenters. The maximum Gasteiger partial charge on any atom is 0.352 e. The highest BCUT2D eigenvalue weighted by molar-refractivity contribution is 5.85. The summed E-state index contributed by atoms with van der Waals surface area (Å²) in [5, 5.41) is 8.43. The summed E-state index contributed by atoms with van der Waals surface area (Å²) < 4.78 is 1.56. The average Bonchev–Trinajstić information content (AvgIpc) is 3.14. The summed E-state index contributed by atoms with van der Waals surface area (Å²) in [4.78, 5) is 34.9. The maximum absolute atomic E-state index is 11.6. The maximum atomic E-state index is 11.6. The van der Waals surface area contributed by atoms with Gasteiger partial charge in [0.1, 0.15) is 17.1 Å². The van der Waals surface area contributed by atoms with Crippen molar-refractivity contribution < 1.29 is 9.90 Å². The zero-order valence-corrected chi connectivity index (χ0v) is 15.5. The Bertz CT molecular complexity index is 1090. The fraction of sp³-hybridized carbons (Fsp3) is 0.250. The minimum absolute atomic E-state index is 0.100. The molecule has 3 aromatic rings. The summed E-state index contributed by atoms with van der Waals surface area (Å²) in [7, 11) is 1.70. The number of nitrogen functional groups attached to an aromatic ring is 1. The summed E-state index contributed by atoms with van der Waals surface area (Å²) >= 11 is 0. The Morgan fingerprint density at radius 2 is 1.93 bits per heavy atom. The first-order chi connectivity index (χ1) is 13.3. The second-order valence-electron chi connectivity index (χ2n) is 6.71. The van der Waals surface area contributed by atoms with Gasteiger partial charge in [0.25, 0.3) is 10.9 Å². The van der Waals surface area contributed by atoms with Crippen LogP contribution >= 0.6 is 0 Å². The number of aryl methyl sites for hydroxylation is 1. The SMILES string of the molecule is Cn1cccc1C(=O)O.NCc1ccc2c(c1)CN(c1c(N)c(=O)c1=O)CC2. The number of carbonyl (C=O) groups is 1. The largest absolute Gasteiger partial charge is 0.477 e. The summed E-state index contributed by atoms with van der Waals surface area (Å²) in [5.74, 6) is -0.887. The molecule has 4 rings (SSSR count). The van der Waals surface area contributed by atoms with Gasteiger partial charge in [0, 0.05) is 32.9 Å². The Balaban J connectivity index is 0.000000211. The van der Waals surface area contributed by atoms with Crippen molar-refractivity contribution in [1.82, 2.24) is 4.57 Å². The molecule has 1 aromatic heterocycles. The van der Waals surface area contributed by atoms with E-state index in [9.17, 15) is 14.4 Å². The molecule has 0 unspecified atom stereocenters. The molecule has 0 radical (unpaired) electrons. The van der Waals surface area contributed by atoms with Crippen molar-refractivity contribution in [3.63, 3.8) is 0 Å². The molecule has 1 aliphatic rings. The summed E-state index contributed by atoms with van der Waals surface area (Å²) in [5.41, 5.74) is 14.5. The molecule has 0 fully saturated rings. The van der Waals surface area contributed by atoms with Gasteiger partial charge in [0.2, 0.25) is 0 Å². The van der Waals surface area contributed by atoms with Gasteiger partial charge in [-0.2, -0.15) is 0 Å². The molecule has 2 aromatic carbocycles. The number of carboxylic acid groups (broad SMARTS) is 1. The van der Waals surface area contributed by atoms with E-state index in [0.717, 1.165) is 17.5 Å². The van der Waals surface area contributed by atoms with Gasteiger partial charge < -0.3 is 26.0 Å². The van der Waals surface area contributed by atoms with Crippen molar-refractivity contribution in [2.24, 2.45) is 12.8 Å². The second kappa shape index (κ2) is 7.69. The van der Waals surface area contributed by atoms with Crippen LogP contribution in [0.4, 0.5) is 11.4 Å². The van der Waals surface area contributed by atoms with Gasteiger partial charge >= 0.3 is 5.97 Å². The van der Waals surface area contributed by atoms with Crippen molar-refractivity contribution in [2.45, 2.75) is 19.5 Å². The van der Waals surface area contributed by atoms with Crippen LogP contribution in [0.1, 0.15) is 27.2 Å². The number of rotatable bonds is 3. The smallest absolute Gasteiger partial charge is 0.352 e. The number of hydrogen-bond donors (Lipinski definition) is 3. The third-order valence-corrected chi connectivity index (χ3v) is 4.92. The van der Waals surface area contributed by atoms with Crippen LogP contribution in [0, 0.1) is 0 Å². The molecule has 0 aliphatic carbocycles. The molecule has 0 spiro atoms. The van der Waals surface area contributed by atoms with Crippen LogP contribution in [0.3, 0.4) is 0 Å². The first kappa shape index (κ1) is 19.4. The van der Waals surface area contributed by atoms with Crippen LogP contribution in [0.5, 0.6) is 0 Å². The highest BCUT2D eigenvalue weighted by Crippen LogP contribution is 2.26. The summed E-state index contributed by atoms with van der Waals surface area (Å²) in [6, 6.07) is 9.43. The predicted octanol–water partition coefficient (Wildman–Crippen LogP) is 0.610. The average molecular weight is 382 g/mol. The van der Waals surface area contributed by atoms with Gasteiger partial charge in [0.15, 0.2) is 0 Å². The molecule has 0 amide bonds. The van der Waals surface area contributed by atoms with E-state index in [0.29, 0.717) is 31.0 Å². The molecular formula is C20H22N4O4. The summed E-state index contributed by atoms with van der Waals surface area (Å²) in [6.07, 6.45) is 2.54. The van der Waals surface area contributed by atoms with Gasteiger partial charge in [-0.25, -0.2) is 4.79 Å². The number of benzene rings is 1. The number of anilines is 2. The Labute approximate surface area is 161 Å². The lowest BCUT2D eigenvalue weighted by Crippen LogP contribution is -2.44. The van der Waals surface area contributed by atoms with Gasteiger partial charge in [-0.15, -0.1) is 0 Å². The van der Waals surface area contributed by atoms with E-state index in [-0.39, 0.29) is 5.69 Å². The van der Waals surface area contributed by atoms with Crippen molar-refractivity contribution in [2.75, 3.05) is 17.2 Å². The molecule has 0 saturated carbocycles. The standard InChI is InChI=1S/C14H15N3O2.C6H7NO2/c15-6-8-1-2-9-3-4-17(7-10(9)5-8)12-11(16)13(18)14(12)19;1-7-4-2-3-5(7)6(8)9/h1-2,5H,3-4,6-7,15-16H2;2-4H,1H3,(H,8,9).